The van der Waals surface area contributed by atoms with Gasteiger partial charge in [-0.25, -0.2) is 0 Å². The van der Waals surface area contributed by atoms with E-state index in [1.165, 1.54) is 0 Å². The molecule has 98 valence electrons. The largest absolute Gasteiger partial charge is 0.323 e. The molecule has 3 aromatic heterocycles. The number of thiophene rings is 2. The van der Waals surface area contributed by atoms with Crippen molar-refractivity contribution in [1.82, 2.24) is 9.55 Å². The van der Waals surface area contributed by atoms with Crippen molar-refractivity contribution in [2.24, 2.45) is 0 Å². The minimum Gasteiger partial charge on any atom is -0.323 e. The zero-order chi connectivity index (χ0) is 13.6. The zero-order valence-electron chi connectivity index (χ0n) is 10.5. The van der Waals surface area contributed by atoms with Crippen LogP contribution in [0.3, 0.4) is 0 Å². The maximum atomic E-state index is 12.6. The van der Waals surface area contributed by atoms with Gasteiger partial charge in [-0.3, -0.25) is 9.36 Å². The molecule has 3 aromatic rings. The number of nitrogens with one attached hydrogen (secondary N) is 1. The lowest BCUT2D eigenvalue weighted by Gasteiger charge is -2.05. The molecule has 0 radical (unpaired) electrons. The first-order valence-corrected chi connectivity index (χ1v) is 7.98. The fourth-order valence-corrected chi connectivity index (χ4v) is 4.10. The Kier molecular flexibility index (Phi) is 3.16. The monoisotopic (exact) mass is 308 g/mol. The van der Waals surface area contributed by atoms with E-state index in [-0.39, 0.29) is 5.56 Å². The number of nitrogens with zero attached hydrogens (tertiary/aromatic N) is 1. The summed E-state index contributed by atoms with van der Waals surface area (Å²) in [4.78, 5) is 17.8. The molecule has 1 N–H and O–H groups in total. The predicted octanol–water partition coefficient (Wildman–Crippen LogP) is 3.85. The third-order valence-corrected chi connectivity index (χ3v) is 5.41. The topological polar surface area (TPSA) is 37.8 Å². The van der Waals surface area contributed by atoms with Gasteiger partial charge in [0, 0.05) is 4.88 Å². The van der Waals surface area contributed by atoms with Crippen LogP contribution in [-0.2, 0) is 6.54 Å². The van der Waals surface area contributed by atoms with Gasteiger partial charge in [-0.1, -0.05) is 0 Å². The average molecular weight is 308 g/mol. The van der Waals surface area contributed by atoms with E-state index in [9.17, 15) is 4.79 Å². The first-order chi connectivity index (χ1) is 9.08. The minimum atomic E-state index is 0.00630. The van der Waals surface area contributed by atoms with E-state index in [2.05, 4.69) is 4.98 Å². The fourth-order valence-electron chi connectivity index (χ4n) is 2.07. The van der Waals surface area contributed by atoms with Crippen LogP contribution in [-0.4, -0.2) is 9.55 Å². The van der Waals surface area contributed by atoms with Crippen LogP contribution in [0.4, 0.5) is 0 Å². The Morgan fingerprint density at radius 3 is 2.89 bits per heavy atom. The normalized spacial score (nSPS) is 11.3. The molecule has 0 aliphatic rings. The zero-order valence-corrected chi connectivity index (χ0v) is 13.0. The Bertz CT molecular complexity index is 853. The molecular weight excluding hydrogens is 296 g/mol. The summed E-state index contributed by atoms with van der Waals surface area (Å²) in [7, 11) is 0. The lowest BCUT2D eigenvalue weighted by atomic mass is 10.2. The summed E-state index contributed by atoms with van der Waals surface area (Å²) in [5.41, 5.74) is 2.16. The first-order valence-electron chi connectivity index (χ1n) is 5.82. The van der Waals surface area contributed by atoms with Gasteiger partial charge in [0.1, 0.15) is 4.83 Å². The van der Waals surface area contributed by atoms with E-state index in [0.29, 0.717) is 11.3 Å². The van der Waals surface area contributed by atoms with E-state index in [1.54, 1.807) is 27.2 Å². The highest BCUT2D eigenvalue weighted by Gasteiger charge is 2.12. The van der Waals surface area contributed by atoms with Gasteiger partial charge in [0.25, 0.3) is 5.56 Å². The number of aryl methyl sites for hydroxylation is 2. The predicted molar refractivity (Wildman–Crippen MR) is 84.2 cm³/mol. The number of hydrogen-bond donors (Lipinski definition) is 1. The van der Waals surface area contributed by atoms with Crippen LogP contribution in [0.15, 0.2) is 21.6 Å². The van der Waals surface area contributed by atoms with Gasteiger partial charge >= 0.3 is 0 Å². The van der Waals surface area contributed by atoms with Crippen LogP contribution in [0.5, 0.6) is 0 Å². The third kappa shape index (κ3) is 2.09. The SMILES string of the molecule is Cc1sc2[nH]c(=S)n(Cc3ccsc3)c(=O)c2c1C. The van der Waals surface area contributed by atoms with Gasteiger partial charge in [-0.15, -0.1) is 11.3 Å². The van der Waals surface area contributed by atoms with E-state index in [4.69, 9.17) is 12.2 Å². The molecule has 0 amide bonds. The summed E-state index contributed by atoms with van der Waals surface area (Å²) in [6, 6.07) is 2.02. The van der Waals surface area contributed by atoms with Crippen molar-refractivity contribution < 1.29 is 0 Å². The van der Waals surface area contributed by atoms with Gasteiger partial charge in [-0.05, 0) is 54.0 Å². The highest BCUT2D eigenvalue weighted by molar-refractivity contribution is 7.71. The molecule has 6 heteroatoms. The second-order valence-electron chi connectivity index (χ2n) is 4.44. The number of fused-ring (bicyclic) bond motifs is 1. The van der Waals surface area contributed by atoms with E-state index >= 15 is 0 Å². The van der Waals surface area contributed by atoms with Crippen molar-refractivity contribution in [2.75, 3.05) is 0 Å². The Labute approximate surface area is 123 Å². The maximum Gasteiger partial charge on any atom is 0.263 e. The van der Waals surface area contributed by atoms with Crippen molar-refractivity contribution in [1.29, 1.82) is 0 Å². The molecule has 0 aliphatic heterocycles. The summed E-state index contributed by atoms with van der Waals surface area (Å²) in [5.74, 6) is 0. The quantitative estimate of drug-likeness (QED) is 0.730. The Balaban J connectivity index is 2.28. The molecular formula is C13H12N2OS3. The summed E-state index contributed by atoms with van der Waals surface area (Å²) in [5, 5.41) is 4.81. The Morgan fingerprint density at radius 1 is 1.42 bits per heavy atom. The Hall–Kier alpha value is -1.24. The van der Waals surface area contributed by atoms with Crippen molar-refractivity contribution >= 4 is 45.1 Å². The maximum absolute atomic E-state index is 12.6. The molecule has 0 atom stereocenters. The number of hydrogen-bond acceptors (Lipinski definition) is 4. The summed E-state index contributed by atoms with van der Waals surface area (Å²) in [6.07, 6.45) is 0. The summed E-state index contributed by atoms with van der Waals surface area (Å²) >= 11 is 8.52. The fraction of sp³-hybridized carbons (Fsp3) is 0.231. The van der Waals surface area contributed by atoms with Gasteiger partial charge in [-0.2, -0.15) is 11.3 Å². The van der Waals surface area contributed by atoms with Crippen molar-refractivity contribution in [3.8, 4) is 0 Å². The van der Waals surface area contributed by atoms with Crippen molar-refractivity contribution in [2.45, 2.75) is 20.4 Å². The molecule has 0 aromatic carbocycles. The molecule has 3 nitrogen and oxygen atoms in total. The standard InChI is InChI=1S/C13H12N2OS3/c1-7-8(2)19-11-10(7)12(16)15(13(17)14-11)5-9-3-4-18-6-9/h3-4,6H,5H2,1-2H3,(H,14,17). The average Bonchev–Trinajstić information content (AvgIpc) is 2.95. The summed E-state index contributed by atoms with van der Waals surface area (Å²) in [6.45, 7) is 4.54. The third-order valence-electron chi connectivity index (χ3n) is 3.23. The Morgan fingerprint density at radius 2 is 2.21 bits per heavy atom. The molecule has 0 fully saturated rings. The molecule has 0 saturated heterocycles. The lowest BCUT2D eigenvalue weighted by Crippen LogP contribution is -2.22. The highest BCUT2D eigenvalue weighted by Crippen LogP contribution is 2.25. The summed E-state index contributed by atoms with van der Waals surface area (Å²) < 4.78 is 2.13. The number of aromatic nitrogens is 2. The first kappa shape index (κ1) is 12.8. The molecule has 3 rings (SSSR count). The molecule has 3 heterocycles. The van der Waals surface area contributed by atoms with Crippen LogP contribution in [0.25, 0.3) is 10.2 Å². The van der Waals surface area contributed by atoms with E-state index in [1.807, 2.05) is 30.7 Å². The van der Waals surface area contributed by atoms with Gasteiger partial charge in [0.15, 0.2) is 4.77 Å². The highest BCUT2D eigenvalue weighted by atomic mass is 32.1. The van der Waals surface area contributed by atoms with E-state index in [0.717, 1.165) is 26.2 Å². The second kappa shape index (κ2) is 4.70. The van der Waals surface area contributed by atoms with Crippen LogP contribution in [0, 0.1) is 18.6 Å². The smallest absolute Gasteiger partial charge is 0.263 e. The van der Waals surface area contributed by atoms with Crippen LogP contribution < -0.4 is 5.56 Å². The molecule has 0 aliphatic carbocycles. The molecule has 0 spiro atoms. The second-order valence-corrected chi connectivity index (χ2v) is 6.83. The molecule has 19 heavy (non-hydrogen) atoms. The molecule has 0 bridgehead atoms. The van der Waals surface area contributed by atoms with Crippen LogP contribution >= 0.6 is 34.9 Å². The van der Waals surface area contributed by atoms with Gasteiger partial charge < -0.3 is 4.98 Å². The van der Waals surface area contributed by atoms with Gasteiger partial charge in [0.2, 0.25) is 0 Å². The number of rotatable bonds is 2. The van der Waals surface area contributed by atoms with E-state index < -0.39 is 0 Å². The van der Waals surface area contributed by atoms with Crippen LogP contribution in [0.1, 0.15) is 16.0 Å². The number of H-pyrrole nitrogens is 1. The van der Waals surface area contributed by atoms with Gasteiger partial charge in [0.05, 0.1) is 11.9 Å². The molecule has 0 saturated carbocycles. The lowest BCUT2D eigenvalue weighted by molar-refractivity contribution is 0.737. The van der Waals surface area contributed by atoms with Crippen molar-refractivity contribution in [3.05, 3.63) is 48.0 Å². The number of aromatic amines is 1. The van der Waals surface area contributed by atoms with Crippen LogP contribution in [0.2, 0.25) is 0 Å². The minimum absolute atomic E-state index is 0.00630. The van der Waals surface area contributed by atoms with Crippen molar-refractivity contribution in [3.63, 3.8) is 0 Å². The molecule has 0 unspecified atom stereocenters.